The first-order chi connectivity index (χ1) is 12.6. The summed E-state index contributed by atoms with van der Waals surface area (Å²) in [6, 6.07) is 0. The van der Waals surface area contributed by atoms with Crippen LogP contribution in [0.3, 0.4) is 0 Å². The molecular formula is C11H5Cl19. The van der Waals surface area contributed by atoms with Crippen molar-refractivity contribution in [2.24, 2.45) is 0 Å². The van der Waals surface area contributed by atoms with E-state index >= 15 is 0 Å². The smallest absolute Gasteiger partial charge is 0.106 e. The van der Waals surface area contributed by atoms with Gasteiger partial charge in [-0.1, -0.05) is 216 Å². The molecule has 182 valence electrons. The van der Waals surface area contributed by atoms with Crippen LogP contribution in [-0.4, -0.2) is 38.5 Å². The third-order valence-electron chi connectivity index (χ3n) is 3.69. The van der Waals surface area contributed by atoms with E-state index in [-0.39, 0.29) is 6.42 Å². The van der Waals surface area contributed by atoms with Crippen molar-refractivity contribution in [1.82, 2.24) is 0 Å². The molecule has 0 aliphatic heterocycles. The van der Waals surface area contributed by atoms with E-state index in [4.69, 9.17) is 220 Å². The van der Waals surface area contributed by atoms with Gasteiger partial charge in [0.2, 0.25) is 7.59 Å². The van der Waals surface area contributed by atoms with Gasteiger partial charge >= 0.3 is 0 Å². The molecule has 0 saturated carbocycles. The molecule has 0 nitrogen and oxygen atoms in total. The SMILES string of the molecule is CCC(Cl)(Cl)C(Cl)(Cl)C(Cl)(Cl)C(Cl)(Cl)C(Cl)(Cl)C(Cl)(Cl)C(Cl)(C(Cl)(Cl)Cl)C(Cl)(Cl)Cl. The van der Waals surface area contributed by atoms with Crippen LogP contribution in [-0.2, 0) is 0 Å². The van der Waals surface area contributed by atoms with Crippen molar-refractivity contribution >= 4 is 220 Å². The van der Waals surface area contributed by atoms with Gasteiger partial charge in [-0.15, -0.1) is 11.6 Å². The Morgan fingerprint density at radius 3 is 0.833 bits per heavy atom. The van der Waals surface area contributed by atoms with Gasteiger partial charge < -0.3 is 0 Å². The fourth-order valence-corrected chi connectivity index (χ4v) is 8.93. The Bertz CT molecular complexity index is 605. The van der Waals surface area contributed by atoms with Crippen LogP contribution in [0.15, 0.2) is 0 Å². The summed E-state index contributed by atoms with van der Waals surface area (Å²) >= 11 is 117. The first kappa shape index (κ1) is 35.5. The van der Waals surface area contributed by atoms with Gasteiger partial charge in [0.05, 0.1) is 0 Å². The average molecular weight is 811 g/mol. The fourth-order valence-electron chi connectivity index (χ4n) is 1.78. The highest BCUT2D eigenvalue weighted by Crippen LogP contribution is 2.74. The van der Waals surface area contributed by atoms with E-state index in [0.717, 1.165) is 0 Å². The summed E-state index contributed by atoms with van der Waals surface area (Å²) in [5, 5.41) is 0. The van der Waals surface area contributed by atoms with Crippen molar-refractivity contribution in [1.29, 1.82) is 0 Å². The molecule has 0 atom stereocenters. The summed E-state index contributed by atoms with van der Waals surface area (Å²) in [4.78, 5) is -2.97. The lowest BCUT2D eigenvalue weighted by Crippen LogP contribution is -2.73. The molecule has 0 aromatic carbocycles. The minimum Gasteiger partial charge on any atom is -0.106 e. The second-order valence-corrected chi connectivity index (χ2v) is 18.8. The van der Waals surface area contributed by atoms with Gasteiger partial charge in [-0.3, -0.25) is 0 Å². The molecule has 0 aromatic rings. The fraction of sp³-hybridized carbons (Fsp3) is 1.00. The van der Waals surface area contributed by atoms with Crippen LogP contribution < -0.4 is 0 Å². The number of alkyl halides is 19. The quantitative estimate of drug-likeness (QED) is 0.225. The van der Waals surface area contributed by atoms with Crippen LogP contribution in [0.2, 0.25) is 0 Å². The van der Waals surface area contributed by atoms with Gasteiger partial charge in [0.15, 0.2) is 30.9 Å². The third kappa shape index (κ3) is 5.46. The molecule has 0 rings (SSSR count). The van der Waals surface area contributed by atoms with Crippen LogP contribution in [0.4, 0.5) is 0 Å². The van der Waals surface area contributed by atoms with Crippen molar-refractivity contribution in [3.8, 4) is 0 Å². The van der Waals surface area contributed by atoms with Crippen LogP contribution in [0.1, 0.15) is 13.3 Å². The zero-order valence-electron chi connectivity index (χ0n) is 13.4. The topological polar surface area (TPSA) is 0 Å². The standard InChI is InChI=1S/C11H5Cl19/c1-2-3(12,13)5(15,16)7(19,20)9(23,24)8(21,22)6(17,18)4(14,10(25,26)27)11(28,29)30/h2H2,1H3. The number of rotatable bonds is 7. The van der Waals surface area contributed by atoms with Gasteiger partial charge in [0, 0.05) is 0 Å². The van der Waals surface area contributed by atoms with Crippen molar-refractivity contribution in [3.63, 3.8) is 0 Å². The van der Waals surface area contributed by atoms with Gasteiger partial charge in [-0.25, -0.2) is 0 Å². The molecule has 0 aliphatic rings. The minimum absolute atomic E-state index is 0.125. The first-order valence-corrected chi connectivity index (χ1v) is 13.8. The van der Waals surface area contributed by atoms with Gasteiger partial charge in [0.25, 0.3) is 0 Å². The molecule has 0 radical (unpaired) electrons. The Morgan fingerprint density at radius 1 is 0.367 bits per heavy atom. The summed E-state index contributed by atoms with van der Waals surface area (Å²) in [6.45, 7) is 1.48. The van der Waals surface area contributed by atoms with E-state index < -0.39 is 38.5 Å². The normalized spacial score (nSPS) is 16.8. The second-order valence-electron chi connectivity index (χ2n) is 5.58. The Balaban J connectivity index is 7.06. The molecule has 0 heterocycles. The molecule has 0 N–H and O–H groups in total. The molecular weight excluding hydrogens is 806 g/mol. The maximum absolute atomic E-state index is 6.33. The molecule has 0 aliphatic carbocycles. The van der Waals surface area contributed by atoms with E-state index in [1.807, 2.05) is 0 Å². The lowest BCUT2D eigenvalue weighted by molar-refractivity contribution is 0.407. The Labute approximate surface area is 268 Å². The predicted octanol–water partition coefficient (Wildman–Crippen LogP) is 12.2. The number of halogens is 19. The Kier molecular flexibility index (Phi) is 12.5. The summed E-state index contributed by atoms with van der Waals surface area (Å²) in [5.41, 5.74) is 0. The highest BCUT2D eigenvalue weighted by atomic mass is 35.6. The lowest BCUT2D eigenvalue weighted by Gasteiger charge is -2.56. The van der Waals surface area contributed by atoms with Crippen LogP contribution in [0, 0.1) is 0 Å². The highest BCUT2D eigenvalue weighted by Gasteiger charge is 2.83. The predicted molar refractivity (Wildman–Crippen MR) is 146 cm³/mol. The first-order valence-electron chi connectivity index (χ1n) is 6.65. The van der Waals surface area contributed by atoms with E-state index in [1.165, 1.54) is 6.92 Å². The molecule has 0 saturated heterocycles. The van der Waals surface area contributed by atoms with Crippen molar-refractivity contribution in [2.45, 2.75) is 51.8 Å². The lowest BCUT2D eigenvalue weighted by atomic mass is 9.96. The average Bonchev–Trinajstić information content (AvgIpc) is 2.50. The molecule has 30 heavy (non-hydrogen) atoms. The maximum atomic E-state index is 6.33. The summed E-state index contributed by atoms with van der Waals surface area (Å²) in [7, 11) is 0. The van der Waals surface area contributed by atoms with Crippen molar-refractivity contribution in [3.05, 3.63) is 0 Å². The number of hydrogen-bond donors (Lipinski definition) is 0. The summed E-state index contributed by atoms with van der Waals surface area (Å²) < 4.78 is -22.3. The molecule has 19 heteroatoms. The summed E-state index contributed by atoms with van der Waals surface area (Å²) in [6.07, 6.45) is -0.125. The van der Waals surface area contributed by atoms with Gasteiger partial charge in [-0.2, -0.15) is 0 Å². The molecule has 0 unspecified atom stereocenters. The van der Waals surface area contributed by atoms with E-state index in [0.29, 0.717) is 0 Å². The molecule has 0 aromatic heterocycles. The molecule has 0 spiro atoms. The number of hydrogen-bond acceptors (Lipinski definition) is 0. The highest BCUT2D eigenvalue weighted by molar-refractivity contribution is 6.83. The van der Waals surface area contributed by atoms with Crippen LogP contribution in [0.25, 0.3) is 0 Å². The largest absolute Gasteiger partial charge is 0.216 e. The Morgan fingerprint density at radius 2 is 0.600 bits per heavy atom. The zero-order chi connectivity index (χ0) is 25.2. The zero-order valence-corrected chi connectivity index (χ0v) is 27.8. The monoisotopic (exact) mass is 801 g/mol. The van der Waals surface area contributed by atoms with Crippen molar-refractivity contribution in [2.75, 3.05) is 0 Å². The molecule has 0 amide bonds. The summed E-state index contributed by atoms with van der Waals surface area (Å²) in [5.74, 6) is 0. The maximum Gasteiger partial charge on any atom is 0.216 e. The Hall–Kier alpha value is 5.51. The van der Waals surface area contributed by atoms with Gasteiger partial charge in [0.1, 0.15) is 0 Å². The second kappa shape index (κ2) is 10.6. The van der Waals surface area contributed by atoms with E-state index in [9.17, 15) is 0 Å². The minimum atomic E-state index is -3.09. The third-order valence-corrected chi connectivity index (χ3v) is 15.8. The van der Waals surface area contributed by atoms with Crippen LogP contribution >= 0.6 is 220 Å². The van der Waals surface area contributed by atoms with Crippen LogP contribution in [0.5, 0.6) is 0 Å². The van der Waals surface area contributed by atoms with E-state index in [1.54, 1.807) is 0 Å². The van der Waals surface area contributed by atoms with Gasteiger partial charge in [-0.05, 0) is 6.42 Å². The molecule has 0 bridgehead atoms. The molecule has 0 fully saturated rings. The van der Waals surface area contributed by atoms with E-state index in [2.05, 4.69) is 0 Å². The van der Waals surface area contributed by atoms with Crippen molar-refractivity contribution < 1.29 is 0 Å².